The van der Waals surface area contributed by atoms with Gasteiger partial charge in [0.05, 0.1) is 6.61 Å². The number of nitrogens with zero attached hydrogens (tertiary/aromatic N) is 1. The van der Waals surface area contributed by atoms with Crippen molar-refractivity contribution in [2.75, 3.05) is 33.4 Å². The number of aliphatic imine (C=N–C) groups is 1. The van der Waals surface area contributed by atoms with Crippen molar-refractivity contribution >= 4 is 35.8 Å². The average molecular weight is 468 g/mol. The molecular formula is C18H37IN4O2. The summed E-state index contributed by atoms with van der Waals surface area (Å²) in [6.07, 6.45) is 9.42. The van der Waals surface area contributed by atoms with E-state index in [1.807, 2.05) is 6.92 Å². The van der Waals surface area contributed by atoms with Gasteiger partial charge in [0.15, 0.2) is 5.96 Å². The number of hydrogen-bond donors (Lipinski definition) is 3. The lowest BCUT2D eigenvalue weighted by atomic mass is 9.85. The van der Waals surface area contributed by atoms with Crippen LogP contribution in [-0.4, -0.2) is 51.3 Å². The van der Waals surface area contributed by atoms with Crippen molar-refractivity contribution in [3.05, 3.63) is 0 Å². The molecule has 1 atom stereocenters. The topological polar surface area (TPSA) is 74.8 Å². The van der Waals surface area contributed by atoms with E-state index in [1.165, 1.54) is 38.5 Å². The highest BCUT2D eigenvalue weighted by Crippen LogP contribution is 2.27. The molecule has 6 nitrogen and oxygen atoms in total. The number of halogens is 1. The molecule has 0 saturated heterocycles. The fourth-order valence-corrected chi connectivity index (χ4v) is 3.09. The van der Waals surface area contributed by atoms with Gasteiger partial charge in [-0.1, -0.05) is 32.1 Å². The third-order valence-corrected chi connectivity index (χ3v) is 4.47. The first-order valence-electron chi connectivity index (χ1n) is 9.46. The zero-order chi connectivity index (χ0) is 17.6. The molecule has 0 aromatic heterocycles. The maximum absolute atomic E-state index is 11.7. The van der Waals surface area contributed by atoms with Gasteiger partial charge in [-0.15, -0.1) is 24.0 Å². The van der Waals surface area contributed by atoms with Gasteiger partial charge in [0.1, 0.15) is 6.54 Å². The van der Waals surface area contributed by atoms with Crippen LogP contribution in [-0.2, 0) is 9.53 Å². The van der Waals surface area contributed by atoms with Gasteiger partial charge in [0.2, 0.25) is 5.91 Å². The first kappa shape index (κ1) is 24.4. The molecule has 0 spiro atoms. The van der Waals surface area contributed by atoms with Crippen LogP contribution in [0.25, 0.3) is 0 Å². The van der Waals surface area contributed by atoms with Crippen LogP contribution in [0.2, 0.25) is 0 Å². The van der Waals surface area contributed by atoms with Gasteiger partial charge < -0.3 is 20.7 Å². The molecule has 1 aliphatic carbocycles. The molecule has 0 radical (unpaired) electrons. The third-order valence-electron chi connectivity index (χ3n) is 4.47. The smallest absolute Gasteiger partial charge is 0.241 e. The van der Waals surface area contributed by atoms with E-state index in [9.17, 15) is 4.79 Å². The van der Waals surface area contributed by atoms with E-state index in [1.54, 1.807) is 7.11 Å². The van der Waals surface area contributed by atoms with Gasteiger partial charge in [-0.25, -0.2) is 4.99 Å². The van der Waals surface area contributed by atoms with Crippen molar-refractivity contribution in [2.45, 2.75) is 64.8 Å². The van der Waals surface area contributed by atoms with E-state index in [4.69, 9.17) is 4.74 Å². The summed E-state index contributed by atoms with van der Waals surface area (Å²) in [7, 11) is 1.62. The second kappa shape index (κ2) is 15.7. The SMILES string of the molecule is CCNC(=NCC(=O)NCCOC)NC(C)CCC1CCCCC1.I. The van der Waals surface area contributed by atoms with Crippen molar-refractivity contribution in [1.29, 1.82) is 0 Å². The van der Waals surface area contributed by atoms with E-state index in [2.05, 4.69) is 27.9 Å². The molecule has 3 N–H and O–H groups in total. The van der Waals surface area contributed by atoms with Crippen molar-refractivity contribution in [3.63, 3.8) is 0 Å². The van der Waals surface area contributed by atoms with Gasteiger partial charge in [0.25, 0.3) is 0 Å². The van der Waals surface area contributed by atoms with E-state index in [-0.39, 0.29) is 36.4 Å². The van der Waals surface area contributed by atoms with Crippen molar-refractivity contribution in [3.8, 4) is 0 Å². The van der Waals surface area contributed by atoms with Crippen LogP contribution >= 0.6 is 24.0 Å². The predicted molar refractivity (Wildman–Crippen MR) is 115 cm³/mol. The summed E-state index contributed by atoms with van der Waals surface area (Å²) in [6.45, 7) is 6.18. The highest BCUT2D eigenvalue weighted by molar-refractivity contribution is 14.0. The van der Waals surface area contributed by atoms with Crippen molar-refractivity contribution < 1.29 is 9.53 Å². The van der Waals surface area contributed by atoms with Crippen LogP contribution in [0, 0.1) is 5.92 Å². The summed E-state index contributed by atoms with van der Waals surface area (Å²) < 4.78 is 4.91. The number of rotatable bonds is 10. The lowest BCUT2D eigenvalue weighted by molar-refractivity contribution is -0.119. The average Bonchev–Trinajstić information content (AvgIpc) is 2.59. The molecule has 1 rings (SSSR count). The molecule has 1 unspecified atom stereocenters. The van der Waals surface area contributed by atoms with Gasteiger partial charge >= 0.3 is 0 Å². The number of methoxy groups -OCH3 is 1. The summed E-state index contributed by atoms with van der Waals surface area (Å²) in [5.41, 5.74) is 0. The third kappa shape index (κ3) is 12.4. The monoisotopic (exact) mass is 468 g/mol. The van der Waals surface area contributed by atoms with E-state index < -0.39 is 0 Å². The molecule has 25 heavy (non-hydrogen) atoms. The van der Waals surface area contributed by atoms with Crippen LogP contribution in [0.5, 0.6) is 0 Å². The molecule has 0 aromatic rings. The van der Waals surface area contributed by atoms with E-state index in [0.29, 0.717) is 19.2 Å². The molecule has 0 aliphatic heterocycles. The number of amides is 1. The van der Waals surface area contributed by atoms with Gasteiger partial charge in [0, 0.05) is 26.2 Å². The maximum atomic E-state index is 11.7. The highest BCUT2D eigenvalue weighted by atomic mass is 127. The molecule has 1 saturated carbocycles. The number of carbonyl (C=O) groups excluding carboxylic acids is 1. The Kier molecular flexibility index (Phi) is 15.3. The van der Waals surface area contributed by atoms with Crippen LogP contribution < -0.4 is 16.0 Å². The molecule has 1 fully saturated rings. The minimum atomic E-state index is -0.0842. The minimum Gasteiger partial charge on any atom is -0.383 e. The van der Waals surface area contributed by atoms with Crippen molar-refractivity contribution in [2.24, 2.45) is 10.9 Å². The fraction of sp³-hybridized carbons (Fsp3) is 0.889. The quantitative estimate of drug-likeness (QED) is 0.200. The van der Waals surface area contributed by atoms with Gasteiger partial charge in [-0.05, 0) is 32.6 Å². The van der Waals surface area contributed by atoms with Crippen LogP contribution in [0.15, 0.2) is 4.99 Å². The summed E-state index contributed by atoms with van der Waals surface area (Å²) in [6, 6.07) is 0.362. The molecule has 148 valence electrons. The Balaban J connectivity index is 0.00000576. The molecule has 0 heterocycles. The number of carbonyl (C=O) groups is 1. The summed E-state index contributed by atoms with van der Waals surface area (Å²) in [4.78, 5) is 16.1. The number of guanidine groups is 1. The number of nitrogens with one attached hydrogen (secondary N) is 3. The zero-order valence-electron chi connectivity index (χ0n) is 16.1. The largest absolute Gasteiger partial charge is 0.383 e. The number of ether oxygens (including phenoxy) is 1. The lowest BCUT2D eigenvalue weighted by Crippen LogP contribution is -2.43. The first-order chi connectivity index (χ1) is 11.7. The molecule has 1 aliphatic rings. The highest BCUT2D eigenvalue weighted by Gasteiger charge is 2.15. The summed E-state index contributed by atoms with van der Waals surface area (Å²) >= 11 is 0. The lowest BCUT2D eigenvalue weighted by Gasteiger charge is -2.24. The maximum Gasteiger partial charge on any atom is 0.241 e. The van der Waals surface area contributed by atoms with Crippen LogP contribution in [0.4, 0.5) is 0 Å². The Hall–Kier alpha value is -0.570. The zero-order valence-corrected chi connectivity index (χ0v) is 18.4. The van der Waals surface area contributed by atoms with E-state index >= 15 is 0 Å². The Morgan fingerprint density at radius 1 is 1.24 bits per heavy atom. The van der Waals surface area contributed by atoms with E-state index in [0.717, 1.165) is 24.8 Å². The van der Waals surface area contributed by atoms with Crippen LogP contribution in [0.3, 0.4) is 0 Å². The van der Waals surface area contributed by atoms with Crippen molar-refractivity contribution in [1.82, 2.24) is 16.0 Å². The van der Waals surface area contributed by atoms with Gasteiger partial charge in [-0.3, -0.25) is 4.79 Å². The molecule has 7 heteroatoms. The number of hydrogen-bond acceptors (Lipinski definition) is 3. The minimum absolute atomic E-state index is 0. The molecule has 0 bridgehead atoms. The summed E-state index contributed by atoms with van der Waals surface area (Å²) in [5, 5.41) is 9.40. The normalized spacial score (nSPS) is 16.7. The first-order valence-corrected chi connectivity index (χ1v) is 9.46. The summed E-state index contributed by atoms with van der Waals surface area (Å²) in [5.74, 6) is 1.53. The Labute approximate surface area is 170 Å². The Morgan fingerprint density at radius 2 is 1.96 bits per heavy atom. The fourth-order valence-electron chi connectivity index (χ4n) is 3.09. The molecule has 0 aromatic carbocycles. The molecule has 1 amide bonds. The Bertz CT molecular complexity index is 374. The van der Waals surface area contributed by atoms with Crippen LogP contribution in [0.1, 0.15) is 58.8 Å². The second-order valence-electron chi connectivity index (χ2n) is 6.66. The Morgan fingerprint density at radius 3 is 2.60 bits per heavy atom. The van der Waals surface area contributed by atoms with Gasteiger partial charge in [-0.2, -0.15) is 0 Å². The predicted octanol–water partition coefficient (Wildman–Crippen LogP) is 2.67. The second-order valence-corrected chi connectivity index (χ2v) is 6.66. The molecular weight excluding hydrogens is 431 g/mol. The standard InChI is InChI=1S/C18H36N4O2.HI/c1-4-19-18(21-14-17(23)20-12-13-24-3)22-15(2)10-11-16-8-6-5-7-9-16;/h15-16H,4-14H2,1-3H3,(H,20,23)(H2,19,21,22);1H.